The summed E-state index contributed by atoms with van der Waals surface area (Å²) in [5, 5.41) is 20.1. The van der Waals surface area contributed by atoms with Crippen LogP contribution in [-0.2, 0) is 6.42 Å². The first-order valence-electron chi connectivity index (χ1n) is 5.84. The lowest BCUT2D eigenvalue weighted by Crippen LogP contribution is -2.36. The minimum absolute atomic E-state index is 0.0532. The summed E-state index contributed by atoms with van der Waals surface area (Å²) in [5.41, 5.74) is 1.59. The SMILES string of the molecule is CCN(CCO)C(=O)Nc1ccc(CC#N)cc1. The van der Waals surface area contributed by atoms with E-state index >= 15 is 0 Å². The molecule has 2 N–H and O–H groups in total. The molecular weight excluding hydrogens is 230 g/mol. The maximum Gasteiger partial charge on any atom is 0.321 e. The third kappa shape index (κ3) is 4.07. The number of amides is 2. The van der Waals surface area contributed by atoms with Gasteiger partial charge in [-0.2, -0.15) is 5.26 Å². The molecule has 0 spiro atoms. The Hall–Kier alpha value is -2.06. The number of urea groups is 1. The number of anilines is 1. The zero-order valence-electron chi connectivity index (χ0n) is 10.4. The molecule has 2 amide bonds. The highest BCUT2D eigenvalue weighted by atomic mass is 16.3. The quantitative estimate of drug-likeness (QED) is 0.829. The van der Waals surface area contributed by atoms with Crippen LogP contribution < -0.4 is 5.32 Å². The van der Waals surface area contributed by atoms with Crippen LogP contribution in [-0.4, -0.2) is 35.7 Å². The fourth-order valence-electron chi connectivity index (χ4n) is 1.52. The molecule has 0 radical (unpaired) electrons. The second-order valence-electron chi connectivity index (χ2n) is 3.77. The summed E-state index contributed by atoms with van der Waals surface area (Å²) in [5.74, 6) is 0. The van der Waals surface area contributed by atoms with Crippen molar-refractivity contribution >= 4 is 11.7 Å². The van der Waals surface area contributed by atoms with Crippen molar-refractivity contribution in [2.75, 3.05) is 25.0 Å². The van der Waals surface area contributed by atoms with E-state index in [1.165, 1.54) is 4.90 Å². The molecule has 18 heavy (non-hydrogen) atoms. The van der Waals surface area contributed by atoms with Gasteiger partial charge in [0.15, 0.2) is 0 Å². The van der Waals surface area contributed by atoms with Crippen molar-refractivity contribution in [1.29, 1.82) is 5.26 Å². The minimum Gasteiger partial charge on any atom is -0.395 e. The number of carbonyl (C=O) groups excluding carboxylic acids is 1. The van der Waals surface area contributed by atoms with E-state index in [0.29, 0.717) is 25.2 Å². The number of rotatable bonds is 5. The van der Waals surface area contributed by atoms with Gasteiger partial charge in [0, 0.05) is 18.8 Å². The van der Waals surface area contributed by atoms with Crippen molar-refractivity contribution in [3.05, 3.63) is 29.8 Å². The highest BCUT2D eigenvalue weighted by molar-refractivity contribution is 5.89. The molecule has 1 aromatic rings. The Bertz CT molecular complexity index is 423. The zero-order valence-corrected chi connectivity index (χ0v) is 10.4. The summed E-state index contributed by atoms with van der Waals surface area (Å²) in [6, 6.07) is 8.96. The van der Waals surface area contributed by atoms with Gasteiger partial charge in [-0.15, -0.1) is 0 Å². The number of aliphatic hydroxyl groups excluding tert-OH is 1. The highest BCUT2D eigenvalue weighted by Crippen LogP contribution is 2.10. The molecule has 0 atom stereocenters. The third-order valence-corrected chi connectivity index (χ3v) is 2.53. The lowest BCUT2D eigenvalue weighted by molar-refractivity contribution is 0.192. The number of nitrogens with one attached hydrogen (secondary N) is 1. The molecule has 0 aliphatic heterocycles. The van der Waals surface area contributed by atoms with Crippen LogP contribution in [0.3, 0.4) is 0 Å². The van der Waals surface area contributed by atoms with Crippen molar-refractivity contribution in [3.8, 4) is 6.07 Å². The second kappa shape index (κ2) is 7.30. The average Bonchev–Trinajstić information content (AvgIpc) is 2.38. The van der Waals surface area contributed by atoms with Crippen LogP contribution in [0.2, 0.25) is 0 Å². The first-order chi connectivity index (χ1) is 8.71. The Balaban J connectivity index is 2.61. The molecule has 0 aromatic heterocycles. The van der Waals surface area contributed by atoms with Crippen molar-refractivity contribution in [1.82, 2.24) is 4.90 Å². The molecule has 0 aliphatic carbocycles. The number of nitrogens with zero attached hydrogens (tertiary/aromatic N) is 2. The molecule has 0 saturated carbocycles. The van der Waals surface area contributed by atoms with Gasteiger partial charge in [-0.25, -0.2) is 4.79 Å². The second-order valence-corrected chi connectivity index (χ2v) is 3.77. The van der Waals surface area contributed by atoms with Crippen LogP contribution in [0.15, 0.2) is 24.3 Å². The predicted molar refractivity (Wildman–Crippen MR) is 69.1 cm³/mol. The number of likely N-dealkylation sites (N-methyl/N-ethyl adjacent to an activating group) is 1. The Labute approximate surface area is 107 Å². The van der Waals surface area contributed by atoms with Crippen molar-refractivity contribution in [3.63, 3.8) is 0 Å². The fraction of sp³-hybridized carbons (Fsp3) is 0.385. The number of aliphatic hydroxyl groups is 1. The van der Waals surface area contributed by atoms with Gasteiger partial charge in [-0.1, -0.05) is 12.1 Å². The average molecular weight is 247 g/mol. The molecule has 5 heteroatoms. The lowest BCUT2D eigenvalue weighted by Gasteiger charge is -2.20. The Kier molecular flexibility index (Phi) is 5.68. The van der Waals surface area contributed by atoms with E-state index in [9.17, 15) is 4.79 Å². The van der Waals surface area contributed by atoms with Crippen molar-refractivity contribution in [2.45, 2.75) is 13.3 Å². The highest BCUT2D eigenvalue weighted by Gasteiger charge is 2.10. The maximum atomic E-state index is 11.8. The van der Waals surface area contributed by atoms with Gasteiger partial charge in [0.25, 0.3) is 0 Å². The van der Waals surface area contributed by atoms with Crippen LogP contribution in [0, 0.1) is 11.3 Å². The summed E-state index contributed by atoms with van der Waals surface area (Å²) in [6.45, 7) is 2.65. The van der Waals surface area contributed by atoms with Crippen LogP contribution in [0.25, 0.3) is 0 Å². The standard InChI is InChI=1S/C13H17N3O2/c1-2-16(9-10-17)13(18)15-12-5-3-11(4-6-12)7-8-14/h3-6,17H,2,7,9-10H2,1H3,(H,15,18). The predicted octanol–water partition coefficient (Wildman–Crippen LogP) is 1.60. The monoisotopic (exact) mass is 247 g/mol. The molecule has 0 unspecified atom stereocenters. The number of carbonyl (C=O) groups is 1. The first-order valence-corrected chi connectivity index (χ1v) is 5.84. The molecule has 1 aromatic carbocycles. The van der Waals surface area contributed by atoms with Crippen LogP contribution >= 0.6 is 0 Å². The molecule has 0 fully saturated rings. The summed E-state index contributed by atoms with van der Waals surface area (Å²) in [6.07, 6.45) is 0.361. The summed E-state index contributed by atoms with van der Waals surface area (Å²) < 4.78 is 0. The third-order valence-electron chi connectivity index (χ3n) is 2.53. The molecule has 0 saturated heterocycles. The van der Waals surface area contributed by atoms with E-state index < -0.39 is 0 Å². The molecule has 0 aliphatic rings. The molecule has 5 nitrogen and oxygen atoms in total. The van der Waals surface area contributed by atoms with E-state index in [1.54, 1.807) is 24.3 Å². The summed E-state index contributed by atoms with van der Waals surface area (Å²) >= 11 is 0. The number of hydrogen-bond donors (Lipinski definition) is 2. The molecule has 0 heterocycles. The van der Waals surface area contributed by atoms with Gasteiger partial charge in [0.05, 0.1) is 19.1 Å². The van der Waals surface area contributed by atoms with Gasteiger partial charge in [0.2, 0.25) is 0 Å². The van der Waals surface area contributed by atoms with E-state index in [0.717, 1.165) is 5.56 Å². The summed E-state index contributed by atoms with van der Waals surface area (Å²) in [7, 11) is 0. The topological polar surface area (TPSA) is 76.4 Å². The molecule has 0 bridgehead atoms. The van der Waals surface area contributed by atoms with Gasteiger partial charge in [0.1, 0.15) is 0 Å². The Morgan fingerprint density at radius 3 is 2.61 bits per heavy atom. The summed E-state index contributed by atoms with van der Waals surface area (Å²) in [4.78, 5) is 13.3. The Morgan fingerprint density at radius 2 is 2.11 bits per heavy atom. The minimum atomic E-state index is -0.236. The zero-order chi connectivity index (χ0) is 13.4. The van der Waals surface area contributed by atoms with E-state index in [1.807, 2.05) is 6.92 Å². The van der Waals surface area contributed by atoms with Gasteiger partial charge in [-0.05, 0) is 24.6 Å². The normalized spacial score (nSPS) is 9.61. The number of hydrogen-bond acceptors (Lipinski definition) is 3. The lowest BCUT2D eigenvalue weighted by atomic mass is 10.1. The molecule has 96 valence electrons. The number of nitriles is 1. The van der Waals surface area contributed by atoms with Gasteiger partial charge in [-0.3, -0.25) is 0 Å². The largest absolute Gasteiger partial charge is 0.395 e. The fourth-order valence-corrected chi connectivity index (χ4v) is 1.52. The smallest absolute Gasteiger partial charge is 0.321 e. The van der Waals surface area contributed by atoms with Gasteiger partial charge >= 0.3 is 6.03 Å². The van der Waals surface area contributed by atoms with Gasteiger partial charge < -0.3 is 15.3 Å². The van der Waals surface area contributed by atoms with E-state index in [2.05, 4.69) is 11.4 Å². The van der Waals surface area contributed by atoms with E-state index in [-0.39, 0.29) is 12.6 Å². The Morgan fingerprint density at radius 1 is 1.44 bits per heavy atom. The van der Waals surface area contributed by atoms with Crippen LogP contribution in [0.1, 0.15) is 12.5 Å². The van der Waals surface area contributed by atoms with Crippen LogP contribution in [0.4, 0.5) is 10.5 Å². The van der Waals surface area contributed by atoms with Crippen LogP contribution in [0.5, 0.6) is 0 Å². The van der Waals surface area contributed by atoms with Crippen molar-refractivity contribution in [2.24, 2.45) is 0 Å². The first kappa shape index (κ1) is 14.0. The maximum absolute atomic E-state index is 11.8. The molecule has 1 rings (SSSR count). The molecular formula is C13H17N3O2. The van der Waals surface area contributed by atoms with Crippen molar-refractivity contribution < 1.29 is 9.90 Å². The number of benzene rings is 1. The van der Waals surface area contributed by atoms with E-state index in [4.69, 9.17) is 10.4 Å².